The van der Waals surface area contributed by atoms with E-state index in [9.17, 15) is 4.79 Å². The van der Waals surface area contributed by atoms with Crippen LogP contribution in [0.4, 0.5) is 5.69 Å². The lowest BCUT2D eigenvalue weighted by Gasteiger charge is -2.38. The van der Waals surface area contributed by atoms with Crippen molar-refractivity contribution in [1.29, 1.82) is 0 Å². The lowest BCUT2D eigenvalue weighted by Crippen LogP contribution is -2.48. The third kappa shape index (κ3) is 3.98. The summed E-state index contributed by atoms with van der Waals surface area (Å²) in [4.78, 5) is 17.2. The van der Waals surface area contributed by atoms with Crippen molar-refractivity contribution in [3.8, 4) is 0 Å². The number of aromatic nitrogens is 3. The number of likely N-dealkylation sites (N-methyl/N-ethyl adjacent to an activating group) is 1. The molecule has 1 amide bonds. The van der Waals surface area contributed by atoms with Gasteiger partial charge in [0.1, 0.15) is 0 Å². The Kier molecular flexibility index (Phi) is 5.38. The van der Waals surface area contributed by atoms with Gasteiger partial charge in [0.15, 0.2) is 5.69 Å². The predicted octanol–water partition coefficient (Wildman–Crippen LogP) is 1.94. The molecule has 0 radical (unpaired) electrons. The van der Waals surface area contributed by atoms with Crippen LogP contribution in [0, 0.1) is 0 Å². The summed E-state index contributed by atoms with van der Waals surface area (Å²) < 4.78 is 1.87. The van der Waals surface area contributed by atoms with E-state index in [1.54, 1.807) is 0 Å². The van der Waals surface area contributed by atoms with Crippen molar-refractivity contribution in [2.24, 2.45) is 0 Å². The fraction of sp³-hybridized carbons (Fsp3) is 0.550. The lowest BCUT2D eigenvalue weighted by molar-refractivity contribution is 0.0711. The number of anilines is 1. The van der Waals surface area contributed by atoms with Gasteiger partial charge in [-0.1, -0.05) is 23.4 Å². The molecular formula is C20H28N6O. The molecule has 144 valence electrons. The van der Waals surface area contributed by atoms with Gasteiger partial charge in [0.2, 0.25) is 0 Å². The molecule has 1 aromatic heterocycles. The summed E-state index contributed by atoms with van der Waals surface area (Å²) in [5, 5.41) is 11.8. The average Bonchev–Trinajstić information content (AvgIpc) is 3.24. The molecule has 1 unspecified atom stereocenters. The first-order valence-corrected chi connectivity index (χ1v) is 9.92. The van der Waals surface area contributed by atoms with E-state index in [1.807, 2.05) is 28.9 Å². The van der Waals surface area contributed by atoms with E-state index in [2.05, 4.69) is 44.8 Å². The topological polar surface area (TPSA) is 66.3 Å². The number of nitrogens with zero attached hydrogens (tertiary/aromatic N) is 5. The molecule has 0 bridgehead atoms. The Balaban J connectivity index is 1.42. The maximum absolute atomic E-state index is 13.0. The van der Waals surface area contributed by atoms with Crippen molar-refractivity contribution in [1.82, 2.24) is 25.2 Å². The minimum absolute atomic E-state index is 0.0323. The van der Waals surface area contributed by atoms with E-state index in [1.165, 1.54) is 5.69 Å². The number of piperidine rings is 2. The van der Waals surface area contributed by atoms with Gasteiger partial charge >= 0.3 is 0 Å². The van der Waals surface area contributed by atoms with Crippen LogP contribution in [-0.4, -0.2) is 65.1 Å². The highest BCUT2D eigenvalue weighted by Crippen LogP contribution is 2.23. The zero-order valence-corrected chi connectivity index (χ0v) is 15.9. The van der Waals surface area contributed by atoms with E-state index < -0.39 is 0 Å². The van der Waals surface area contributed by atoms with E-state index in [0.717, 1.165) is 51.9 Å². The van der Waals surface area contributed by atoms with Crippen LogP contribution in [0.5, 0.6) is 0 Å². The number of carbonyl (C=O) groups is 1. The average molecular weight is 368 g/mol. The fourth-order valence-electron chi connectivity index (χ4n) is 4.12. The van der Waals surface area contributed by atoms with Gasteiger partial charge in [-0.15, -0.1) is 5.10 Å². The van der Waals surface area contributed by atoms with Gasteiger partial charge in [0.25, 0.3) is 5.91 Å². The van der Waals surface area contributed by atoms with Crippen LogP contribution < -0.4 is 10.2 Å². The largest absolute Gasteiger partial charge is 0.369 e. The molecule has 0 aliphatic carbocycles. The lowest BCUT2D eigenvalue weighted by atomic mass is 10.0. The number of nitrogens with one attached hydrogen (secondary N) is 1. The number of benzene rings is 1. The Hall–Kier alpha value is -2.41. The van der Waals surface area contributed by atoms with Crippen molar-refractivity contribution in [2.45, 2.75) is 37.8 Å². The summed E-state index contributed by atoms with van der Waals surface area (Å²) in [5.74, 6) is -0.0323. The van der Waals surface area contributed by atoms with Gasteiger partial charge in [-0.2, -0.15) is 0 Å². The standard InChI is InChI=1S/C20H28N6O/c1-24(18-8-5-13-25(14-18)16-6-3-2-4-7-16)20(27)19-15-26(23-22-19)17-9-11-21-12-10-17/h2-4,6-7,15,17-18,21H,5,8-14H2,1H3. The second-order valence-electron chi connectivity index (χ2n) is 7.56. The van der Waals surface area contributed by atoms with E-state index >= 15 is 0 Å². The molecule has 2 saturated heterocycles. The number of hydrogen-bond donors (Lipinski definition) is 1. The number of hydrogen-bond acceptors (Lipinski definition) is 5. The molecule has 2 aliphatic heterocycles. The van der Waals surface area contributed by atoms with Gasteiger partial charge in [0.05, 0.1) is 12.2 Å². The fourth-order valence-corrected chi connectivity index (χ4v) is 4.12. The van der Waals surface area contributed by atoms with Crippen LogP contribution in [0.25, 0.3) is 0 Å². The molecule has 4 rings (SSSR count). The third-order valence-electron chi connectivity index (χ3n) is 5.80. The first-order valence-electron chi connectivity index (χ1n) is 9.92. The molecule has 1 aromatic carbocycles. The quantitative estimate of drug-likeness (QED) is 0.893. The van der Waals surface area contributed by atoms with Crippen molar-refractivity contribution < 1.29 is 4.79 Å². The van der Waals surface area contributed by atoms with Crippen LogP contribution in [0.3, 0.4) is 0 Å². The maximum Gasteiger partial charge on any atom is 0.276 e. The number of rotatable bonds is 4. The van der Waals surface area contributed by atoms with Crippen LogP contribution >= 0.6 is 0 Å². The summed E-state index contributed by atoms with van der Waals surface area (Å²) in [6.07, 6.45) is 5.99. The van der Waals surface area contributed by atoms with E-state index in [4.69, 9.17) is 0 Å². The van der Waals surface area contributed by atoms with Crippen LogP contribution in [-0.2, 0) is 0 Å². The highest BCUT2D eigenvalue weighted by atomic mass is 16.2. The molecule has 1 atom stereocenters. The smallest absolute Gasteiger partial charge is 0.276 e. The number of carbonyl (C=O) groups excluding carboxylic acids is 1. The molecule has 1 N–H and O–H groups in total. The normalized spacial score (nSPS) is 21.2. The molecule has 27 heavy (non-hydrogen) atoms. The Morgan fingerprint density at radius 2 is 1.96 bits per heavy atom. The highest BCUT2D eigenvalue weighted by molar-refractivity contribution is 5.92. The first-order chi connectivity index (χ1) is 13.2. The maximum atomic E-state index is 13.0. The molecule has 2 fully saturated rings. The highest BCUT2D eigenvalue weighted by Gasteiger charge is 2.28. The predicted molar refractivity (Wildman–Crippen MR) is 105 cm³/mol. The Morgan fingerprint density at radius 3 is 2.74 bits per heavy atom. The summed E-state index contributed by atoms with van der Waals surface area (Å²) in [5.41, 5.74) is 1.67. The van der Waals surface area contributed by atoms with Crippen LogP contribution in [0.2, 0.25) is 0 Å². The zero-order chi connectivity index (χ0) is 18.6. The van der Waals surface area contributed by atoms with Gasteiger partial charge < -0.3 is 15.1 Å². The van der Waals surface area contributed by atoms with Crippen LogP contribution in [0.15, 0.2) is 36.5 Å². The molecule has 7 heteroatoms. The molecule has 2 aliphatic rings. The monoisotopic (exact) mass is 368 g/mol. The van der Waals surface area contributed by atoms with Crippen LogP contribution in [0.1, 0.15) is 42.2 Å². The van der Waals surface area contributed by atoms with Crippen molar-refractivity contribution in [3.63, 3.8) is 0 Å². The van der Waals surface area contributed by atoms with Crippen molar-refractivity contribution in [2.75, 3.05) is 38.1 Å². The second kappa shape index (κ2) is 8.08. The van der Waals surface area contributed by atoms with Gasteiger partial charge in [-0.25, -0.2) is 4.68 Å². The molecule has 0 spiro atoms. The van der Waals surface area contributed by atoms with Gasteiger partial charge in [0, 0.05) is 31.9 Å². The van der Waals surface area contributed by atoms with E-state index in [-0.39, 0.29) is 11.9 Å². The second-order valence-corrected chi connectivity index (χ2v) is 7.56. The summed E-state index contributed by atoms with van der Waals surface area (Å²) in [6.45, 7) is 3.87. The molecule has 7 nitrogen and oxygen atoms in total. The molecular weight excluding hydrogens is 340 g/mol. The number of para-hydroxylation sites is 1. The third-order valence-corrected chi connectivity index (χ3v) is 5.80. The van der Waals surface area contributed by atoms with Gasteiger partial charge in [-0.3, -0.25) is 4.79 Å². The minimum Gasteiger partial charge on any atom is -0.369 e. The summed E-state index contributed by atoms with van der Waals surface area (Å²) >= 11 is 0. The van der Waals surface area contributed by atoms with E-state index in [0.29, 0.717) is 11.7 Å². The van der Waals surface area contributed by atoms with Crippen molar-refractivity contribution >= 4 is 11.6 Å². The minimum atomic E-state index is -0.0323. The molecule has 3 heterocycles. The Bertz CT molecular complexity index is 755. The first kappa shape index (κ1) is 18.0. The molecule has 2 aromatic rings. The van der Waals surface area contributed by atoms with Gasteiger partial charge in [-0.05, 0) is 50.9 Å². The summed E-state index contributed by atoms with van der Waals surface area (Å²) in [7, 11) is 1.89. The summed E-state index contributed by atoms with van der Waals surface area (Å²) in [6, 6.07) is 11.0. The molecule has 0 saturated carbocycles. The Labute approximate surface area is 160 Å². The zero-order valence-electron chi connectivity index (χ0n) is 15.9. The Morgan fingerprint density at radius 1 is 1.19 bits per heavy atom. The number of amides is 1. The SMILES string of the molecule is CN(C(=O)c1cn(C2CCNCC2)nn1)C1CCCN(c2ccccc2)C1. The van der Waals surface area contributed by atoms with Crippen molar-refractivity contribution in [3.05, 3.63) is 42.2 Å².